The first-order valence-electron chi connectivity index (χ1n) is 7.64. The van der Waals surface area contributed by atoms with Gasteiger partial charge in [0.2, 0.25) is 0 Å². The maximum absolute atomic E-state index is 13.5. The number of anilines is 1. The highest BCUT2D eigenvalue weighted by atomic mass is 19.4. The molecule has 1 atom stereocenters. The summed E-state index contributed by atoms with van der Waals surface area (Å²) < 4.78 is 40.5. The predicted octanol–water partition coefficient (Wildman–Crippen LogP) is 4.32. The lowest BCUT2D eigenvalue weighted by molar-refractivity contribution is -0.138. The number of hydrogen-bond acceptors (Lipinski definition) is 4. The number of rotatable bonds is 2. The number of pyridine rings is 1. The number of fused-ring (bicyclic) bond motifs is 1. The predicted molar refractivity (Wildman–Crippen MR) is 88.5 cm³/mol. The van der Waals surface area contributed by atoms with Crippen LogP contribution in [0.2, 0.25) is 0 Å². The molecule has 0 saturated carbocycles. The van der Waals surface area contributed by atoms with Crippen LogP contribution in [0.5, 0.6) is 0 Å². The second kappa shape index (κ2) is 5.77. The van der Waals surface area contributed by atoms with Crippen molar-refractivity contribution in [1.29, 1.82) is 0 Å². The number of aromatic nitrogens is 1. The van der Waals surface area contributed by atoms with Crippen molar-refractivity contribution in [2.75, 3.05) is 5.01 Å². The topological polar surface area (TPSA) is 31.7 Å². The Labute approximate surface area is 142 Å². The third kappa shape index (κ3) is 2.67. The third-order valence-electron chi connectivity index (χ3n) is 4.03. The fourth-order valence-electron chi connectivity index (χ4n) is 3.00. The van der Waals surface area contributed by atoms with E-state index in [4.69, 9.17) is 0 Å². The van der Waals surface area contributed by atoms with E-state index in [1.54, 1.807) is 65.0 Å². The molecule has 0 N–H and O–H groups in total. The van der Waals surface area contributed by atoms with Crippen molar-refractivity contribution < 1.29 is 13.2 Å². The molecule has 25 heavy (non-hydrogen) atoms. The molecule has 0 bridgehead atoms. The lowest BCUT2D eigenvalue weighted by atomic mass is 9.99. The lowest BCUT2D eigenvalue weighted by Crippen LogP contribution is -2.37. The van der Waals surface area contributed by atoms with E-state index < -0.39 is 17.8 Å². The van der Waals surface area contributed by atoms with Crippen LogP contribution >= 0.6 is 0 Å². The minimum Gasteiger partial charge on any atom is -0.251 e. The first-order valence-corrected chi connectivity index (χ1v) is 7.64. The van der Waals surface area contributed by atoms with Gasteiger partial charge in [-0.15, -0.1) is 0 Å². The SMILES string of the molecule is FC(F)(F)c1ccccc1C1C=C2N=CC=CN2N1c1ccccn1. The first kappa shape index (κ1) is 15.4. The first-order chi connectivity index (χ1) is 12.1. The molecule has 1 unspecified atom stereocenters. The number of hydrogen-bond donors (Lipinski definition) is 0. The molecule has 0 radical (unpaired) electrons. The maximum atomic E-state index is 13.5. The number of halogens is 3. The summed E-state index contributed by atoms with van der Waals surface area (Å²) in [7, 11) is 0. The van der Waals surface area contributed by atoms with Crippen molar-refractivity contribution >= 4 is 12.0 Å². The Morgan fingerprint density at radius 1 is 1.00 bits per heavy atom. The molecule has 0 saturated heterocycles. The molecule has 2 aliphatic rings. The summed E-state index contributed by atoms with van der Waals surface area (Å²) in [5.41, 5.74) is -0.503. The number of nitrogens with zero attached hydrogens (tertiary/aromatic N) is 4. The minimum atomic E-state index is -4.44. The molecule has 7 heteroatoms. The summed E-state index contributed by atoms with van der Waals surface area (Å²) in [4.78, 5) is 8.56. The van der Waals surface area contributed by atoms with Crippen molar-refractivity contribution in [3.8, 4) is 0 Å². The summed E-state index contributed by atoms with van der Waals surface area (Å²) >= 11 is 0. The zero-order valence-corrected chi connectivity index (χ0v) is 12.9. The van der Waals surface area contributed by atoms with Gasteiger partial charge in [0, 0.05) is 18.6 Å². The summed E-state index contributed by atoms with van der Waals surface area (Å²) in [6, 6.07) is 10.2. The number of benzene rings is 1. The van der Waals surface area contributed by atoms with Crippen molar-refractivity contribution in [1.82, 2.24) is 9.99 Å². The molecule has 2 aromatic rings. The highest BCUT2D eigenvalue weighted by molar-refractivity contribution is 5.74. The van der Waals surface area contributed by atoms with Crippen LogP contribution in [0.1, 0.15) is 17.2 Å². The third-order valence-corrected chi connectivity index (χ3v) is 4.03. The Bertz CT molecular complexity index is 871. The van der Waals surface area contributed by atoms with E-state index in [9.17, 15) is 13.2 Å². The van der Waals surface area contributed by atoms with Gasteiger partial charge in [-0.1, -0.05) is 24.3 Å². The quantitative estimate of drug-likeness (QED) is 0.815. The highest BCUT2D eigenvalue weighted by Crippen LogP contribution is 2.43. The van der Waals surface area contributed by atoms with Crippen LogP contribution in [0, 0.1) is 0 Å². The van der Waals surface area contributed by atoms with Crippen LogP contribution in [0.15, 0.2) is 77.8 Å². The molecule has 0 amide bonds. The second-order valence-corrected chi connectivity index (χ2v) is 5.55. The molecule has 2 aliphatic heterocycles. The van der Waals surface area contributed by atoms with Gasteiger partial charge in [-0.2, -0.15) is 13.2 Å². The molecule has 1 aromatic carbocycles. The van der Waals surface area contributed by atoms with Gasteiger partial charge < -0.3 is 0 Å². The van der Waals surface area contributed by atoms with Gasteiger partial charge in [0.05, 0.1) is 5.56 Å². The molecular formula is C18H13F3N4. The molecule has 4 rings (SSSR count). The van der Waals surface area contributed by atoms with Crippen molar-refractivity contribution in [2.45, 2.75) is 12.2 Å². The molecule has 4 nitrogen and oxygen atoms in total. The summed E-state index contributed by atoms with van der Waals surface area (Å²) in [5.74, 6) is 1.10. The van der Waals surface area contributed by atoms with E-state index in [0.29, 0.717) is 11.6 Å². The molecular weight excluding hydrogens is 329 g/mol. The zero-order valence-electron chi connectivity index (χ0n) is 12.9. The van der Waals surface area contributed by atoms with Gasteiger partial charge in [-0.3, -0.25) is 5.01 Å². The summed E-state index contributed by atoms with van der Waals surface area (Å²) in [5, 5.41) is 3.41. The number of allylic oxidation sites excluding steroid dienone is 1. The molecule has 1 aromatic heterocycles. The van der Waals surface area contributed by atoms with E-state index in [0.717, 1.165) is 6.07 Å². The van der Waals surface area contributed by atoms with Gasteiger partial charge >= 0.3 is 6.18 Å². The summed E-state index contributed by atoms with van der Waals surface area (Å²) in [6.07, 6.45) is 3.97. The Hall–Kier alpha value is -3.09. The van der Waals surface area contributed by atoms with Crippen LogP contribution in [-0.2, 0) is 6.18 Å². The van der Waals surface area contributed by atoms with Crippen molar-refractivity contribution in [2.24, 2.45) is 4.99 Å². The van der Waals surface area contributed by atoms with Gasteiger partial charge in [0.25, 0.3) is 0 Å². The Morgan fingerprint density at radius 3 is 2.56 bits per heavy atom. The van der Waals surface area contributed by atoms with Crippen LogP contribution in [-0.4, -0.2) is 16.2 Å². The number of alkyl halides is 3. The lowest BCUT2D eigenvalue weighted by Gasteiger charge is -2.34. The fraction of sp³-hybridized carbons (Fsp3) is 0.111. The van der Waals surface area contributed by atoms with Gasteiger partial charge in [-0.25, -0.2) is 15.0 Å². The normalized spacial score (nSPS) is 19.2. The Morgan fingerprint density at radius 2 is 1.80 bits per heavy atom. The zero-order chi connectivity index (χ0) is 17.4. The van der Waals surface area contributed by atoms with E-state index in [-0.39, 0.29) is 5.56 Å². The smallest absolute Gasteiger partial charge is 0.251 e. The molecule has 3 heterocycles. The van der Waals surface area contributed by atoms with Crippen LogP contribution in [0.4, 0.5) is 19.0 Å². The van der Waals surface area contributed by atoms with E-state index in [1.807, 2.05) is 0 Å². The highest BCUT2D eigenvalue weighted by Gasteiger charge is 2.40. The average Bonchev–Trinajstić information content (AvgIpc) is 3.01. The van der Waals surface area contributed by atoms with E-state index in [1.165, 1.54) is 12.1 Å². The van der Waals surface area contributed by atoms with Crippen LogP contribution in [0.25, 0.3) is 0 Å². The van der Waals surface area contributed by atoms with Crippen molar-refractivity contribution in [3.63, 3.8) is 0 Å². The molecule has 0 spiro atoms. The Kier molecular flexibility index (Phi) is 3.56. The average molecular weight is 342 g/mol. The fourth-order valence-corrected chi connectivity index (χ4v) is 3.00. The van der Waals surface area contributed by atoms with Crippen LogP contribution < -0.4 is 5.01 Å². The number of aliphatic imine (C=N–C) groups is 1. The van der Waals surface area contributed by atoms with Gasteiger partial charge in [0.15, 0.2) is 0 Å². The van der Waals surface area contributed by atoms with E-state index in [2.05, 4.69) is 9.98 Å². The standard InChI is InChI=1S/C18H13F3N4/c19-18(20,21)14-7-2-1-6-13(14)15-12-17-23-10-5-11-24(17)25(15)16-8-3-4-9-22-16/h1-12,15H. The molecule has 0 fully saturated rings. The van der Waals surface area contributed by atoms with E-state index >= 15 is 0 Å². The van der Waals surface area contributed by atoms with Crippen LogP contribution in [0.3, 0.4) is 0 Å². The van der Waals surface area contributed by atoms with Gasteiger partial charge in [-0.05, 0) is 35.9 Å². The van der Waals surface area contributed by atoms with Crippen molar-refractivity contribution in [3.05, 3.63) is 84.0 Å². The van der Waals surface area contributed by atoms with Gasteiger partial charge in [0.1, 0.15) is 17.7 Å². The largest absolute Gasteiger partial charge is 0.416 e. The monoisotopic (exact) mass is 342 g/mol. The summed E-state index contributed by atoms with van der Waals surface area (Å²) in [6.45, 7) is 0. The Balaban J connectivity index is 1.87. The molecule has 126 valence electrons. The minimum absolute atomic E-state index is 0.158. The molecule has 0 aliphatic carbocycles. The number of hydrazine groups is 1. The second-order valence-electron chi connectivity index (χ2n) is 5.55. The maximum Gasteiger partial charge on any atom is 0.416 e.